The molecular formula is C27H32N8O2. The Kier molecular flexibility index (Phi) is 6.75. The van der Waals surface area contributed by atoms with Crippen LogP contribution in [0, 0.1) is 6.92 Å². The van der Waals surface area contributed by atoms with E-state index in [1.807, 2.05) is 19.3 Å². The molecule has 1 aliphatic heterocycles. The van der Waals surface area contributed by atoms with Crippen molar-refractivity contribution in [3.8, 4) is 11.3 Å². The molecule has 6 rings (SSSR count). The summed E-state index contributed by atoms with van der Waals surface area (Å²) in [5, 5.41) is 10.3. The van der Waals surface area contributed by atoms with Crippen molar-refractivity contribution in [2.45, 2.75) is 45.1 Å². The number of likely N-dealkylation sites (tertiary alicyclic amines) is 1. The summed E-state index contributed by atoms with van der Waals surface area (Å²) in [5.41, 5.74) is 5.31. The third kappa shape index (κ3) is 4.97. The first-order chi connectivity index (χ1) is 17.9. The number of carbonyl (C=O) groups excluding carboxylic acids is 2. The summed E-state index contributed by atoms with van der Waals surface area (Å²) in [5.74, 6) is -0.313. The van der Waals surface area contributed by atoms with Gasteiger partial charge in [-0.25, -0.2) is 4.98 Å². The topological polar surface area (TPSA) is 121 Å². The van der Waals surface area contributed by atoms with Crippen LogP contribution in [0.25, 0.3) is 22.3 Å². The van der Waals surface area contributed by atoms with Gasteiger partial charge in [-0.05, 0) is 57.4 Å². The molecule has 5 heterocycles. The molecule has 0 unspecified atom stereocenters. The lowest BCUT2D eigenvalue weighted by molar-refractivity contribution is -0.105. The molecule has 3 N–H and O–H groups in total. The number of aromatic amines is 1. The normalized spacial score (nSPS) is 15.9. The van der Waals surface area contributed by atoms with E-state index in [1.54, 1.807) is 29.9 Å². The van der Waals surface area contributed by atoms with Crippen LogP contribution in [0.3, 0.4) is 0 Å². The van der Waals surface area contributed by atoms with Crippen molar-refractivity contribution in [3.63, 3.8) is 0 Å². The van der Waals surface area contributed by atoms with Crippen LogP contribution in [0.5, 0.6) is 0 Å². The molecule has 1 spiro atoms. The van der Waals surface area contributed by atoms with Crippen molar-refractivity contribution in [1.82, 2.24) is 29.6 Å². The van der Waals surface area contributed by atoms with Crippen molar-refractivity contribution >= 4 is 34.7 Å². The fraction of sp³-hybridized carbons (Fsp3) is 0.370. The number of nitrogens with one attached hydrogen (secondary N) is 3. The van der Waals surface area contributed by atoms with E-state index in [0.717, 1.165) is 22.2 Å². The Morgan fingerprint density at radius 3 is 2.59 bits per heavy atom. The monoisotopic (exact) mass is 500 g/mol. The quantitative estimate of drug-likeness (QED) is 0.343. The molecular weight excluding hydrogens is 468 g/mol. The minimum absolute atomic E-state index is 0.313. The molecule has 1 aliphatic carbocycles. The van der Waals surface area contributed by atoms with E-state index in [4.69, 9.17) is 0 Å². The molecule has 4 aromatic rings. The van der Waals surface area contributed by atoms with Gasteiger partial charge < -0.3 is 15.6 Å². The van der Waals surface area contributed by atoms with Crippen molar-refractivity contribution in [2.24, 2.45) is 7.05 Å². The van der Waals surface area contributed by atoms with Crippen molar-refractivity contribution < 1.29 is 9.59 Å². The standard InChI is InChI=1S/C19H17N7O2.C8H15N/c1-11-16(5-15(8-20-11)22-10-27)25-19(28)13-3-12-4-17(24-18(12)21-6-13)14-7-23-26(2)9-14;1-2-9-7-6-8(9)4-3-5-8/h3-10H,1-2H3,(H,21,24)(H,22,27)(H,25,28);2-7H2,1H3. The number of fused-ring (bicyclic) bond motifs is 1. The second kappa shape index (κ2) is 10.1. The minimum Gasteiger partial charge on any atom is -0.339 e. The zero-order chi connectivity index (χ0) is 26.0. The number of nitrogens with zero attached hydrogens (tertiary/aromatic N) is 5. The van der Waals surface area contributed by atoms with Crippen molar-refractivity contribution in [1.29, 1.82) is 0 Å². The number of aryl methyl sites for hydroxylation is 2. The lowest BCUT2D eigenvalue weighted by Crippen LogP contribution is -2.63. The van der Waals surface area contributed by atoms with Gasteiger partial charge in [0.1, 0.15) is 5.65 Å². The van der Waals surface area contributed by atoms with Gasteiger partial charge in [0.05, 0.1) is 40.7 Å². The van der Waals surface area contributed by atoms with Gasteiger partial charge >= 0.3 is 0 Å². The molecule has 2 amide bonds. The van der Waals surface area contributed by atoms with Crippen molar-refractivity contribution in [3.05, 3.63) is 54.2 Å². The van der Waals surface area contributed by atoms with E-state index in [-0.39, 0.29) is 5.91 Å². The second-order valence-electron chi connectivity index (χ2n) is 9.73. The van der Waals surface area contributed by atoms with Gasteiger partial charge in [0.15, 0.2) is 0 Å². The highest BCUT2D eigenvalue weighted by molar-refractivity contribution is 6.06. The summed E-state index contributed by atoms with van der Waals surface area (Å²) < 4.78 is 1.72. The molecule has 2 aliphatic rings. The van der Waals surface area contributed by atoms with Crippen molar-refractivity contribution in [2.75, 3.05) is 23.7 Å². The van der Waals surface area contributed by atoms with Gasteiger partial charge in [0, 0.05) is 42.5 Å². The van der Waals surface area contributed by atoms with Gasteiger partial charge in [-0.15, -0.1) is 0 Å². The average molecular weight is 501 g/mol. The van der Waals surface area contributed by atoms with Crippen LogP contribution in [-0.4, -0.2) is 60.6 Å². The van der Waals surface area contributed by atoms with Gasteiger partial charge in [-0.3, -0.25) is 24.2 Å². The summed E-state index contributed by atoms with van der Waals surface area (Å²) >= 11 is 0. The Hall–Kier alpha value is -4.05. The summed E-state index contributed by atoms with van der Waals surface area (Å²) in [6.45, 7) is 6.70. The van der Waals surface area contributed by atoms with Crippen LogP contribution < -0.4 is 10.6 Å². The first-order valence-corrected chi connectivity index (χ1v) is 12.6. The molecule has 0 bridgehead atoms. The van der Waals surface area contributed by atoms with Gasteiger partial charge in [-0.1, -0.05) is 6.92 Å². The van der Waals surface area contributed by atoms with E-state index in [1.165, 1.54) is 51.2 Å². The molecule has 10 nitrogen and oxygen atoms in total. The Labute approximate surface area is 215 Å². The molecule has 2 fully saturated rings. The molecule has 1 saturated heterocycles. The Bertz CT molecular complexity index is 1430. The highest BCUT2D eigenvalue weighted by Gasteiger charge is 2.47. The van der Waals surface area contributed by atoms with Crippen LogP contribution in [0.15, 0.2) is 43.0 Å². The van der Waals surface area contributed by atoms with E-state index in [0.29, 0.717) is 34.7 Å². The molecule has 0 radical (unpaired) electrons. The maximum atomic E-state index is 12.7. The zero-order valence-electron chi connectivity index (χ0n) is 21.4. The maximum absolute atomic E-state index is 12.7. The fourth-order valence-corrected chi connectivity index (χ4v) is 5.09. The number of anilines is 2. The number of carbonyl (C=O) groups is 2. The zero-order valence-corrected chi connectivity index (χ0v) is 21.4. The number of amides is 2. The predicted octanol–water partition coefficient (Wildman–Crippen LogP) is 4.12. The molecule has 37 heavy (non-hydrogen) atoms. The predicted molar refractivity (Wildman–Crippen MR) is 143 cm³/mol. The minimum atomic E-state index is -0.313. The van der Waals surface area contributed by atoms with Crippen LogP contribution >= 0.6 is 0 Å². The third-order valence-corrected chi connectivity index (χ3v) is 7.49. The second-order valence-corrected chi connectivity index (χ2v) is 9.73. The first kappa shape index (κ1) is 24.6. The van der Waals surface area contributed by atoms with E-state index in [9.17, 15) is 9.59 Å². The number of pyridine rings is 2. The lowest BCUT2D eigenvalue weighted by Gasteiger charge is -2.58. The Morgan fingerprint density at radius 1 is 1.16 bits per heavy atom. The fourth-order valence-electron chi connectivity index (χ4n) is 5.09. The molecule has 0 aromatic carbocycles. The van der Waals surface area contributed by atoms with E-state index >= 15 is 0 Å². The SMILES string of the molecule is CCN1CCC12CCC2.Cc1ncc(NC=O)cc1NC(=O)c1cnc2[nH]c(-c3cnn(C)c3)cc2c1. The average Bonchev–Trinajstić information content (AvgIpc) is 3.46. The largest absolute Gasteiger partial charge is 0.339 e. The van der Waals surface area contributed by atoms with Gasteiger partial charge in [-0.2, -0.15) is 5.10 Å². The Morgan fingerprint density at radius 2 is 2.00 bits per heavy atom. The van der Waals surface area contributed by atoms with E-state index in [2.05, 4.69) is 42.5 Å². The Balaban J connectivity index is 0.000000260. The van der Waals surface area contributed by atoms with Gasteiger partial charge in [0.2, 0.25) is 6.41 Å². The summed E-state index contributed by atoms with van der Waals surface area (Å²) in [6.07, 6.45) is 13.2. The molecule has 1 saturated carbocycles. The lowest BCUT2D eigenvalue weighted by atomic mass is 9.68. The highest BCUT2D eigenvalue weighted by atomic mass is 16.1. The number of hydrogen-bond donors (Lipinski definition) is 3. The number of aromatic nitrogens is 5. The summed E-state index contributed by atoms with van der Waals surface area (Å²) in [4.78, 5) is 37.6. The maximum Gasteiger partial charge on any atom is 0.257 e. The van der Waals surface area contributed by atoms with Crippen LogP contribution in [-0.2, 0) is 11.8 Å². The van der Waals surface area contributed by atoms with Crippen LogP contribution in [0.1, 0.15) is 48.7 Å². The first-order valence-electron chi connectivity index (χ1n) is 12.6. The number of hydrogen-bond acceptors (Lipinski definition) is 6. The smallest absolute Gasteiger partial charge is 0.257 e. The van der Waals surface area contributed by atoms with E-state index < -0.39 is 0 Å². The molecule has 192 valence electrons. The molecule has 10 heteroatoms. The summed E-state index contributed by atoms with van der Waals surface area (Å²) in [6, 6.07) is 5.35. The van der Waals surface area contributed by atoms with Crippen LogP contribution in [0.2, 0.25) is 0 Å². The van der Waals surface area contributed by atoms with Gasteiger partial charge in [0.25, 0.3) is 5.91 Å². The number of H-pyrrole nitrogens is 1. The highest BCUT2D eigenvalue weighted by Crippen LogP contribution is 2.46. The summed E-state index contributed by atoms with van der Waals surface area (Å²) in [7, 11) is 1.85. The molecule has 4 aromatic heterocycles. The number of rotatable bonds is 6. The third-order valence-electron chi connectivity index (χ3n) is 7.49. The molecule has 0 atom stereocenters. The van der Waals surface area contributed by atoms with Crippen LogP contribution in [0.4, 0.5) is 11.4 Å².